The van der Waals surface area contributed by atoms with Crippen molar-refractivity contribution in [3.8, 4) is 0 Å². The Bertz CT molecular complexity index is 887. The molecule has 1 amide bonds. The average Bonchev–Trinajstić information content (AvgIpc) is 2.64. The van der Waals surface area contributed by atoms with E-state index in [0.717, 1.165) is 22.8 Å². The van der Waals surface area contributed by atoms with Gasteiger partial charge in [-0.3, -0.25) is 4.79 Å². The average molecular weight is 346 g/mol. The smallest absolute Gasteiger partial charge is 0.255 e. The zero-order chi connectivity index (χ0) is 18.5. The third kappa shape index (κ3) is 4.19. The van der Waals surface area contributed by atoms with E-state index in [9.17, 15) is 4.79 Å². The quantitative estimate of drug-likeness (QED) is 0.716. The lowest BCUT2D eigenvalue weighted by atomic mass is 10.1. The van der Waals surface area contributed by atoms with Gasteiger partial charge in [0.15, 0.2) is 0 Å². The number of benzene rings is 2. The minimum absolute atomic E-state index is 0.134. The number of hydrogen-bond acceptors (Lipinski definition) is 4. The number of rotatable bonds is 5. The van der Waals surface area contributed by atoms with Crippen LogP contribution in [0.25, 0.3) is 0 Å². The van der Waals surface area contributed by atoms with Crippen LogP contribution in [0, 0.1) is 6.92 Å². The van der Waals surface area contributed by atoms with Crippen molar-refractivity contribution in [3.05, 3.63) is 78.0 Å². The van der Waals surface area contributed by atoms with Crippen molar-refractivity contribution in [1.82, 2.24) is 4.98 Å². The van der Waals surface area contributed by atoms with Crippen molar-refractivity contribution >= 4 is 28.8 Å². The van der Waals surface area contributed by atoms with Crippen molar-refractivity contribution in [2.45, 2.75) is 6.92 Å². The fraction of sp³-hybridized carbons (Fsp3) is 0.143. The largest absolute Gasteiger partial charge is 0.378 e. The van der Waals surface area contributed by atoms with E-state index < -0.39 is 0 Å². The molecule has 0 bridgehead atoms. The van der Waals surface area contributed by atoms with E-state index in [4.69, 9.17) is 0 Å². The summed E-state index contributed by atoms with van der Waals surface area (Å²) in [4.78, 5) is 18.8. The van der Waals surface area contributed by atoms with Crippen molar-refractivity contribution in [1.29, 1.82) is 0 Å². The molecule has 2 N–H and O–H groups in total. The summed E-state index contributed by atoms with van der Waals surface area (Å²) in [5.41, 5.74) is 4.36. The fourth-order valence-electron chi connectivity index (χ4n) is 2.56. The molecule has 3 rings (SSSR count). The summed E-state index contributed by atoms with van der Waals surface area (Å²) in [6.45, 7) is 1.92. The molecule has 26 heavy (non-hydrogen) atoms. The molecule has 5 heteroatoms. The molecule has 0 unspecified atom stereocenters. The number of nitrogens with zero attached hydrogens (tertiary/aromatic N) is 2. The molecule has 1 aromatic heterocycles. The van der Waals surface area contributed by atoms with Gasteiger partial charge in [0.1, 0.15) is 5.82 Å². The number of aromatic nitrogens is 1. The lowest BCUT2D eigenvalue weighted by molar-refractivity contribution is 0.102. The fourth-order valence-corrected chi connectivity index (χ4v) is 2.56. The molecule has 0 saturated heterocycles. The summed E-state index contributed by atoms with van der Waals surface area (Å²) in [6.07, 6.45) is 1.65. The number of carbonyl (C=O) groups is 1. The number of anilines is 4. The first-order valence-corrected chi connectivity index (χ1v) is 8.40. The van der Waals surface area contributed by atoms with E-state index in [1.165, 1.54) is 0 Å². The number of pyridine rings is 1. The Morgan fingerprint density at radius 2 is 1.62 bits per heavy atom. The Balaban J connectivity index is 1.65. The molecular weight excluding hydrogens is 324 g/mol. The summed E-state index contributed by atoms with van der Waals surface area (Å²) in [5.74, 6) is 0.585. The van der Waals surface area contributed by atoms with Crippen molar-refractivity contribution < 1.29 is 4.79 Å². The highest BCUT2D eigenvalue weighted by atomic mass is 16.1. The number of aryl methyl sites for hydroxylation is 1. The summed E-state index contributed by atoms with van der Waals surface area (Å²) in [5, 5.41) is 6.12. The Hall–Kier alpha value is -3.34. The van der Waals surface area contributed by atoms with Crippen LogP contribution in [-0.2, 0) is 0 Å². The standard InChI is InChI=1S/C21H22N4O/c1-15-6-4-5-7-19(15)21(26)24-17-10-13-20(22-14-17)23-16-8-11-18(12-9-16)25(2)3/h4-14H,1-3H3,(H,22,23)(H,24,26). The van der Waals surface area contributed by atoms with Crippen LogP contribution in [0.3, 0.4) is 0 Å². The molecule has 0 aliphatic heterocycles. The molecule has 132 valence electrons. The molecule has 5 nitrogen and oxygen atoms in total. The maximum absolute atomic E-state index is 12.3. The molecule has 0 atom stereocenters. The van der Waals surface area contributed by atoms with Crippen LogP contribution >= 0.6 is 0 Å². The van der Waals surface area contributed by atoms with Gasteiger partial charge in [-0.05, 0) is 55.0 Å². The molecule has 0 fully saturated rings. The van der Waals surface area contributed by atoms with Gasteiger partial charge in [0, 0.05) is 31.0 Å². The van der Waals surface area contributed by atoms with Crippen LogP contribution in [0.15, 0.2) is 66.9 Å². The summed E-state index contributed by atoms with van der Waals surface area (Å²) >= 11 is 0. The summed E-state index contributed by atoms with van der Waals surface area (Å²) in [6, 6.07) is 19.3. The van der Waals surface area contributed by atoms with Crippen LogP contribution < -0.4 is 15.5 Å². The van der Waals surface area contributed by atoms with E-state index in [0.29, 0.717) is 11.3 Å². The molecule has 0 radical (unpaired) electrons. The van der Waals surface area contributed by atoms with Crippen LogP contribution in [-0.4, -0.2) is 25.0 Å². The highest BCUT2D eigenvalue weighted by Gasteiger charge is 2.08. The molecule has 2 aromatic carbocycles. The summed E-state index contributed by atoms with van der Waals surface area (Å²) in [7, 11) is 4.02. The van der Waals surface area contributed by atoms with Gasteiger partial charge in [-0.15, -0.1) is 0 Å². The van der Waals surface area contributed by atoms with Gasteiger partial charge in [-0.1, -0.05) is 18.2 Å². The van der Waals surface area contributed by atoms with Crippen molar-refractivity contribution in [3.63, 3.8) is 0 Å². The monoisotopic (exact) mass is 346 g/mol. The zero-order valence-electron chi connectivity index (χ0n) is 15.2. The van der Waals surface area contributed by atoms with E-state index >= 15 is 0 Å². The van der Waals surface area contributed by atoms with Crippen LogP contribution in [0.2, 0.25) is 0 Å². The maximum atomic E-state index is 12.3. The molecular formula is C21H22N4O. The summed E-state index contributed by atoms with van der Waals surface area (Å²) < 4.78 is 0. The van der Waals surface area contributed by atoms with Gasteiger partial charge in [0.25, 0.3) is 5.91 Å². The molecule has 0 aliphatic rings. The van der Waals surface area contributed by atoms with Gasteiger partial charge < -0.3 is 15.5 Å². The number of hydrogen-bond donors (Lipinski definition) is 2. The predicted molar refractivity (Wildman–Crippen MR) is 107 cm³/mol. The van der Waals surface area contributed by atoms with E-state index in [2.05, 4.69) is 15.6 Å². The van der Waals surface area contributed by atoms with Crippen LogP contribution in [0.4, 0.5) is 22.9 Å². The van der Waals surface area contributed by atoms with Gasteiger partial charge in [0.05, 0.1) is 11.9 Å². The third-order valence-electron chi connectivity index (χ3n) is 4.07. The molecule has 3 aromatic rings. The van der Waals surface area contributed by atoms with E-state index in [-0.39, 0.29) is 5.91 Å². The Morgan fingerprint density at radius 1 is 0.923 bits per heavy atom. The second kappa shape index (κ2) is 7.70. The van der Waals surface area contributed by atoms with Gasteiger partial charge in [0.2, 0.25) is 0 Å². The molecule has 0 aliphatic carbocycles. The Kier molecular flexibility index (Phi) is 5.17. The first-order valence-electron chi connectivity index (χ1n) is 8.40. The second-order valence-electron chi connectivity index (χ2n) is 6.27. The van der Waals surface area contributed by atoms with Crippen LogP contribution in [0.5, 0.6) is 0 Å². The topological polar surface area (TPSA) is 57.3 Å². The lowest BCUT2D eigenvalue weighted by Gasteiger charge is -2.13. The SMILES string of the molecule is Cc1ccccc1C(=O)Nc1ccc(Nc2ccc(N(C)C)cc2)nc1. The minimum Gasteiger partial charge on any atom is -0.378 e. The maximum Gasteiger partial charge on any atom is 0.255 e. The molecule has 0 spiro atoms. The third-order valence-corrected chi connectivity index (χ3v) is 4.07. The number of carbonyl (C=O) groups excluding carboxylic acids is 1. The highest BCUT2D eigenvalue weighted by molar-refractivity contribution is 6.05. The number of nitrogens with one attached hydrogen (secondary N) is 2. The Morgan fingerprint density at radius 3 is 2.23 bits per heavy atom. The van der Waals surface area contributed by atoms with Gasteiger partial charge in [-0.2, -0.15) is 0 Å². The van der Waals surface area contributed by atoms with E-state index in [1.54, 1.807) is 6.20 Å². The van der Waals surface area contributed by atoms with Gasteiger partial charge in [-0.25, -0.2) is 4.98 Å². The van der Waals surface area contributed by atoms with Crippen molar-refractivity contribution in [2.75, 3.05) is 29.6 Å². The molecule has 0 saturated carbocycles. The Labute approximate surface area is 153 Å². The molecule has 1 heterocycles. The van der Waals surface area contributed by atoms with E-state index in [1.807, 2.05) is 86.6 Å². The first-order chi connectivity index (χ1) is 12.5. The predicted octanol–water partition coefficient (Wildman–Crippen LogP) is 4.45. The normalized spacial score (nSPS) is 10.3. The lowest BCUT2D eigenvalue weighted by Crippen LogP contribution is -2.13. The highest BCUT2D eigenvalue weighted by Crippen LogP contribution is 2.20. The van der Waals surface area contributed by atoms with Crippen LogP contribution in [0.1, 0.15) is 15.9 Å². The second-order valence-corrected chi connectivity index (χ2v) is 6.27. The van der Waals surface area contributed by atoms with Crippen molar-refractivity contribution in [2.24, 2.45) is 0 Å². The zero-order valence-corrected chi connectivity index (χ0v) is 15.2. The minimum atomic E-state index is -0.134. The number of amides is 1. The first kappa shape index (κ1) is 17.5. The van der Waals surface area contributed by atoms with Gasteiger partial charge >= 0.3 is 0 Å².